The monoisotopic (exact) mass is 1870 g/mol. The van der Waals surface area contributed by atoms with Gasteiger partial charge in [-0.3, -0.25) is 0 Å². The van der Waals surface area contributed by atoms with Gasteiger partial charge < -0.3 is 22.7 Å². The Balaban J connectivity index is 0.000000102. The molecular weight excluding hydrogens is 1800 g/mol. The summed E-state index contributed by atoms with van der Waals surface area (Å²) in [4.78, 5) is 33.8. The number of rotatable bonds is 10. The van der Waals surface area contributed by atoms with Gasteiger partial charge in [0.2, 0.25) is 0 Å². The van der Waals surface area contributed by atoms with Gasteiger partial charge in [-0.1, -0.05) is 322 Å². The van der Waals surface area contributed by atoms with Crippen LogP contribution in [0.1, 0.15) is 0 Å². The molecule has 658 valence electrons. The predicted octanol–water partition coefficient (Wildman–Crippen LogP) is 35.2. The molecule has 0 bridgehead atoms. The van der Waals surface area contributed by atoms with E-state index < -0.39 is 0 Å². The van der Waals surface area contributed by atoms with Crippen molar-refractivity contribution in [3.8, 4) is 90.7 Å². The highest BCUT2D eigenvalue weighted by Gasteiger charge is 2.28. The van der Waals surface area contributed by atoms with Gasteiger partial charge in [0, 0.05) is 171 Å². The topological polar surface area (TPSA) is 110 Å². The van der Waals surface area contributed by atoms with E-state index in [0.717, 1.165) is 160 Å². The third kappa shape index (κ3) is 12.9. The van der Waals surface area contributed by atoms with Gasteiger partial charge in [0.1, 0.15) is 25.7 Å². The molecular formula is C126H74N10OS4. The van der Waals surface area contributed by atoms with E-state index in [0.29, 0.717) is 0 Å². The first-order valence-corrected chi connectivity index (χ1v) is 50.5. The molecule has 12 aromatic heterocycles. The Hall–Kier alpha value is -17.7. The Bertz CT molecular complexity index is 10100. The van der Waals surface area contributed by atoms with Gasteiger partial charge in [0.15, 0.2) is 17.5 Å². The van der Waals surface area contributed by atoms with Crippen LogP contribution in [-0.2, 0) is 0 Å². The number of thiophene rings is 4. The summed E-state index contributed by atoms with van der Waals surface area (Å²) in [5.74, 6) is 2.24. The van der Waals surface area contributed by atoms with Crippen molar-refractivity contribution < 1.29 is 4.42 Å². The van der Waals surface area contributed by atoms with Gasteiger partial charge in [-0.05, 0) is 127 Å². The quantitative estimate of drug-likeness (QED) is 0.134. The molecule has 141 heavy (non-hydrogen) atoms. The highest BCUT2D eigenvalue weighted by Crippen LogP contribution is 2.50. The summed E-state index contributed by atoms with van der Waals surface area (Å²) in [5, 5.41) is 21.8. The number of fused-ring (bicyclic) bond motifs is 30. The molecule has 0 fully saturated rings. The molecule has 0 aliphatic carbocycles. The number of hydrogen-bond acceptors (Lipinski definition) is 11. The summed E-state index contributed by atoms with van der Waals surface area (Å²) >= 11 is 7.07. The Morgan fingerprint density at radius 2 is 0.489 bits per heavy atom. The summed E-state index contributed by atoms with van der Waals surface area (Å²) in [7, 11) is 0. The molecule has 0 amide bonds. The smallest absolute Gasteiger partial charge is 0.161 e. The second-order valence-electron chi connectivity index (χ2n) is 35.7. The lowest BCUT2D eigenvalue weighted by Gasteiger charge is -2.11. The van der Waals surface area contributed by atoms with Crippen LogP contribution in [0.4, 0.5) is 0 Å². The molecule has 11 nitrogen and oxygen atoms in total. The highest BCUT2D eigenvalue weighted by atomic mass is 32.1. The van der Waals surface area contributed by atoms with E-state index in [9.17, 15) is 0 Å². The fraction of sp³-hybridized carbons (Fsp3) is 0. The van der Waals surface area contributed by atoms with Crippen molar-refractivity contribution in [1.82, 2.24) is 48.2 Å². The first-order valence-electron chi connectivity index (χ1n) is 47.2. The SMILES string of the molecule is c1ccc(-c2nc(-c3ccc(-n4c5ccccc5c5c4ccc4c6ccccc6n(-c6ccccc6)c45)cc3)c3c(n2)sc2ccccc23)cc1.c1ccc(-c2nc(-c3ccc(-n4c5ccccc5c5c6oc7ccccc7c6ccc54)cc3)c3c(n2)sc2ccccc23)cc1.c1ccc(-c2nc(-c3ccc(-n4c5ccccc5c5c6sc7ccccc7c6ccc54)cc3)c3c(n2)sc2ccccc23)cc1. The van der Waals surface area contributed by atoms with Crippen LogP contribution in [0.2, 0.25) is 0 Å². The molecule has 0 atom stereocenters. The van der Waals surface area contributed by atoms with E-state index in [2.05, 4.69) is 400 Å². The normalized spacial score (nSPS) is 12.0. The molecule has 19 aromatic carbocycles. The molecule has 0 N–H and O–H groups in total. The van der Waals surface area contributed by atoms with Crippen LogP contribution in [-0.4, -0.2) is 48.2 Å². The molecule has 0 saturated heterocycles. The summed E-state index contributed by atoms with van der Waals surface area (Å²) in [6.45, 7) is 0. The Morgan fingerprint density at radius 1 is 0.177 bits per heavy atom. The summed E-state index contributed by atoms with van der Waals surface area (Å²) in [5.41, 5.74) is 25.0. The minimum atomic E-state index is 0.742. The van der Waals surface area contributed by atoms with Crippen molar-refractivity contribution in [3.05, 3.63) is 449 Å². The van der Waals surface area contributed by atoms with E-state index in [1.54, 1.807) is 34.0 Å². The summed E-state index contributed by atoms with van der Waals surface area (Å²) < 4.78 is 22.4. The standard InChI is InChI=1S/C46H28N4S.C40H23N3OS.C40H23N3S2/c1-3-13-30(14-4-1)45-47-43(42-36-19-9-12-22-40(36)51-46(42)48-45)29-23-25-32(26-24-29)49-38-21-11-8-18-35(38)41-39(49)28-27-34-33-17-7-10-20-37(33)50(44(34)41)31-15-5-2-6-16-31;2*1-2-10-25(11-3-1)39-41-37(36-30-14-6-9-17-34(30)45-40(36)42-39)24-18-20-26(21-19-24)43-31-15-7-4-13-29(31)35-32(43)23-22-28-27-12-5-8-16-33(27)44-38(28)35/h1-28H;2*1-23H. The Kier molecular flexibility index (Phi) is 18.6. The van der Waals surface area contributed by atoms with Gasteiger partial charge in [-0.15, -0.1) is 45.3 Å². The average Bonchev–Trinajstić information content (AvgIpc) is 1.54. The first kappa shape index (κ1) is 80.6. The van der Waals surface area contributed by atoms with E-state index in [4.69, 9.17) is 34.3 Å². The number of para-hydroxylation sites is 6. The third-order valence-electron chi connectivity index (χ3n) is 27.9. The zero-order chi connectivity index (χ0) is 92.4. The lowest BCUT2D eigenvalue weighted by atomic mass is 10.0. The number of aromatic nitrogens is 10. The van der Waals surface area contributed by atoms with Crippen LogP contribution in [0, 0.1) is 0 Å². The van der Waals surface area contributed by atoms with Crippen LogP contribution >= 0.6 is 45.3 Å². The molecule has 15 heteroatoms. The van der Waals surface area contributed by atoms with Crippen LogP contribution in [0.3, 0.4) is 0 Å². The van der Waals surface area contributed by atoms with Crippen molar-refractivity contribution in [2.45, 2.75) is 0 Å². The maximum absolute atomic E-state index is 6.49. The van der Waals surface area contributed by atoms with Gasteiger partial charge in [-0.25, -0.2) is 29.9 Å². The molecule has 0 saturated carbocycles. The van der Waals surface area contributed by atoms with E-state index in [1.165, 1.54) is 121 Å². The lowest BCUT2D eigenvalue weighted by Crippen LogP contribution is -1.96. The van der Waals surface area contributed by atoms with Crippen molar-refractivity contribution in [2.75, 3.05) is 0 Å². The van der Waals surface area contributed by atoms with Crippen LogP contribution in [0.15, 0.2) is 453 Å². The Labute approximate surface area is 821 Å². The summed E-state index contributed by atoms with van der Waals surface area (Å²) in [6.07, 6.45) is 0. The molecule has 0 aliphatic heterocycles. The van der Waals surface area contributed by atoms with Gasteiger partial charge in [0.25, 0.3) is 0 Å². The second kappa shape index (κ2) is 32.5. The summed E-state index contributed by atoms with van der Waals surface area (Å²) in [6, 6.07) is 159. The third-order valence-corrected chi connectivity index (χ3v) is 32.3. The molecule has 0 unspecified atom stereocenters. The fourth-order valence-corrected chi connectivity index (χ4v) is 26.1. The molecule has 31 aromatic rings. The largest absolute Gasteiger partial charge is 0.455 e. The average molecular weight is 1870 g/mol. The molecule has 0 aliphatic rings. The van der Waals surface area contributed by atoms with Crippen molar-refractivity contribution in [2.24, 2.45) is 0 Å². The van der Waals surface area contributed by atoms with Gasteiger partial charge in [-0.2, -0.15) is 0 Å². The zero-order valence-corrected chi connectivity index (χ0v) is 78.5. The second-order valence-corrected chi connectivity index (χ2v) is 39.9. The van der Waals surface area contributed by atoms with E-state index in [1.807, 2.05) is 78.1 Å². The maximum Gasteiger partial charge on any atom is 0.161 e. The number of nitrogens with zero attached hydrogens (tertiary/aromatic N) is 10. The van der Waals surface area contributed by atoms with Crippen LogP contribution in [0.25, 0.3) is 281 Å². The Morgan fingerprint density at radius 3 is 0.929 bits per heavy atom. The molecule has 0 spiro atoms. The van der Waals surface area contributed by atoms with Crippen LogP contribution < -0.4 is 0 Å². The molecule has 0 radical (unpaired) electrons. The predicted molar refractivity (Wildman–Crippen MR) is 595 cm³/mol. The first-order chi connectivity index (χ1) is 69.9. The number of hydrogen-bond donors (Lipinski definition) is 0. The minimum Gasteiger partial charge on any atom is -0.455 e. The van der Waals surface area contributed by atoms with Crippen molar-refractivity contribution in [3.63, 3.8) is 0 Å². The number of furan rings is 1. The molecule has 31 rings (SSSR count). The minimum absolute atomic E-state index is 0.742. The van der Waals surface area contributed by atoms with Gasteiger partial charge in [0.05, 0.1) is 66.6 Å². The molecule has 12 heterocycles. The van der Waals surface area contributed by atoms with Gasteiger partial charge >= 0.3 is 0 Å². The zero-order valence-electron chi connectivity index (χ0n) is 75.2. The fourth-order valence-electron chi connectivity index (χ4n) is 21.6. The van der Waals surface area contributed by atoms with E-state index >= 15 is 0 Å². The van der Waals surface area contributed by atoms with Crippen molar-refractivity contribution in [1.29, 1.82) is 0 Å². The van der Waals surface area contributed by atoms with Crippen LogP contribution in [0.5, 0.6) is 0 Å². The number of benzene rings is 19. The maximum atomic E-state index is 6.49. The lowest BCUT2D eigenvalue weighted by molar-refractivity contribution is 0.673. The highest BCUT2D eigenvalue weighted by molar-refractivity contribution is 7.27. The van der Waals surface area contributed by atoms with Crippen molar-refractivity contribution >= 4 is 236 Å². The van der Waals surface area contributed by atoms with E-state index in [-0.39, 0.29) is 0 Å².